The zero-order chi connectivity index (χ0) is 10.8. The SMILES string of the molecule is Cc1nc(-n2cnc(C#N)n2)ccc1Br. The van der Waals surface area contributed by atoms with Crippen molar-refractivity contribution in [2.24, 2.45) is 0 Å². The highest BCUT2D eigenvalue weighted by atomic mass is 79.9. The molecular weight excluding hydrogens is 258 g/mol. The lowest BCUT2D eigenvalue weighted by atomic mass is 10.4. The van der Waals surface area contributed by atoms with Crippen LogP contribution in [0.15, 0.2) is 22.9 Å². The first-order valence-electron chi connectivity index (χ1n) is 4.16. The normalized spacial score (nSPS) is 9.93. The van der Waals surface area contributed by atoms with Crippen LogP contribution < -0.4 is 0 Å². The van der Waals surface area contributed by atoms with Crippen LogP contribution >= 0.6 is 15.9 Å². The Morgan fingerprint density at radius 2 is 2.27 bits per heavy atom. The molecule has 0 aliphatic heterocycles. The number of hydrogen-bond donors (Lipinski definition) is 0. The molecule has 0 aromatic carbocycles. The van der Waals surface area contributed by atoms with Crippen LogP contribution in [0.5, 0.6) is 0 Å². The molecule has 15 heavy (non-hydrogen) atoms. The van der Waals surface area contributed by atoms with Crippen molar-refractivity contribution in [2.75, 3.05) is 0 Å². The summed E-state index contributed by atoms with van der Waals surface area (Å²) in [4.78, 5) is 8.10. The summed E-state index contributed by atoms with van der Waals surface area (Å²) in [5, 5.41) is 12.5. The first-order valence-corrected chi connectivity index (χ1v) is 4.95. The summed E-state index contributed by atoms with van der Waals surface area (Å²) in [5.41, 5.74) is 0.863. The molecule has 0 radical (unpaired) electrons. The Bertz CT molecular complexity index is 540. The predicted octanol–water partition coefficient (Wildman–Crippen LogP) is 1.60. The number of pyridine rings is 1. The molecule has 2 aromatic rings. The summed E-state index contributed by atoms with van der Waals surface area (Å²) in [7, 11) is 0. The number of nitrogens with zero attached hydrogens (tertiary/aromatic N) is 5. The molecule has 0 unspecified atom stereocenters. The van der Waals surface area contributed by atoms with E-state index in [-0.39, 0.29) is 5.82 Å². The van der Waals surface area contributed by atoms with Crippen LogP contribution in [0.4, 0.5) is 0 Å². The predicted molar refractivity (Wildman–Crippen MR) is 56.3 cm³/mol. The lowest BCUT2D eigenvalue weighted by Gasteiger charge is -2.01. The largest absolute Gasteiger partial charge is 0.252 e. The Labute approximate surface area is 94.5 Å². The van der Waals surface area contributed by atoms with E-state index in [4.69, 9.17) is 5.26 Å². The van der Waals surface area contributed by atoms with Gasteiger partial charge in [-0.2, -0.15) is 5.26 Å². The Hall–Kier alpha value is -1.74. The third-order valence-electron chi connectivity index (χ3n) is 1.83. The zero-order valence-electron chi connectivity index (χ0n) is 7.85. The quantitative estimate of drug-likeness (QED) is 0.784. The van der Waals surface area contributed by atoms with E-state index < -0.39 is 0 Å². The smallest absolute Gasteiger partial charge is 0.233 e. The standard InChI is InChI=1S/C9H6BrN5/c1-6-7(10)2-3-9(13-6)15-5-12-8(4-11)14-15/h2-3,5H,1H3. The highest BCUT2D eigenvalue weighted by molar-refractivity contribution is 9.10. The van der Waals surface area contributed by atoms with Crippen LogP contribution in [0.3, 0.4) is 0 Å². The minimum atomic E-state index is 0.136. The van der Waals surface area contributed by atoms with Crippen LogP contribution in [0.1, 0.15) is 11.5 Å². The van der Waals surface area contributed by atoms with Gasteiger partial charge in [0.15, 0.2) is 5.82 Å². The van der Waals surface area contributed by atoms with E-state index in [1.807, 2.05) is 19.1 Å². The van der Waals surface area contributed by atoms with Gasteiger partial charge in [-0.05, 0) is 35.0 Å². The van der Waals surface area contributed by atoms with Crippen LogP contribution in [-0.2, 0) is 0 Å². The highest BCUT2D eigenvalue weighted by Crippen LogP contribution is 2.15. The molecule has 0 saturated heterocycles. The Morgan fingerprint density at radius 3 is 2.87 bits per heavy atom. The molecule has 2 heterocycles. The van der Waals surface area contributed by atoms with Crippen LogP contribution in [-0.4, -0.2) is 19.7 Å². The lowest BCUT2D eigenvalue weighted by molar-refractivity contribution is 0.833. The molecule has 74 valence electrons. The second-order valence-corrected chi connectivity index (χ2v) is 3.72. The maximum Gasteiger partial charge on any atom is 0.252 e. The first-order chi connectivity index (χ1) is 7.20. The van der Waals surface area contributed by atoms with E-state index in [1.54, 1.807) is 6.07 Å². The molecule has 0 aliphatic carbocycles. The third-order valence-corrected chi connectivity index (χ3v) is 2.67. The molecule has 0 spiro atoms. The van der Waals surface area contributed by atoms with Crippen molar-refractivity contribution < 1.29 is 0 Å². The average Bonchev–Trinajstić information content (AvgIpc) is 2.70. The van der Waals surface area contributed by atoms with Crippen molar-refractivity contribution >= 4 is 15.9 Å². The molecule has 0 atom stereocenters. The maximum absolute atomic E-state index is 8.58. The number of nitriles is 1. The fraction of sp³-hybridized carbons (Fsp3) is 0.111. The van der Waals surface area contributed by atoms with Crippen molar-refractivity contribution in [3.05, 3.63) is 34.5 Å². The third kappa shape index (κ3) is 1.87. The van der Waals surface area contributed by atoms with Gasteiger partial charge in [-0.15, -0.1) is 5.10 Å². The minimum absolute atomic E-state index is 0.136. The van der Waals surface area contributed by atoms with Crippen LogP contribution in [0.25, 0.3) is 5.82 Å². The fourth-order valence-corrected chi connectivity index (χ4v) is 1.30. The Balaban J connectivity index is 2.46. The number of aromatic nitrogens is 4. The maximum atomic E-state index is 8.58. The number of aryl methyl sites for hydroxylation is 1. The fourth-order valence-electron chi connectivity index (χ4n) is 1.08. The minimum Gasteiger partial charge on any atom is -0.233 e. The van der Waals surface area contributed by atoms with E-state index in [0.717, 1.165) is 10.2 Å². The molecule has 2 aromatic heterocycles. The van der Waals surface area contributed by atoms with Crippen molar-refractivity contribution in [2.45, 2.75) is 6.92 Å². The van der Waals surface area contributed by atoms with Gasteiger partial charge in [-0.1, -0.05) is 0 Å². The lowest BCUT2D eigenvalue weighted by Crippen LogP contribution is -1.99. The highest BCUT2D eigenvalue weighted by Gasteiger charge is 2.04. The summed E-state index contributed by atoms with van der Waals surface area (Å²) in [6, 6.07) is 5.54. The molecule has 0 aliphatic rings. The van der Waals surface area contributed by atoms with E-state index in [0.29, 0.717) is 5.82 Å². The summed E-state index contributed by atoms with van der Waals surface area (Å²) >= 11 is 3.36. The van der Waals surface area contributed by atoms with Crippen molar-refractivity contribution in [3.8, 4) is 11.9 Å². The van der Waals surface area contributed by atoms with Crippen molar-refractivity contribution in [1.82, 2.24) is 19.7 Å². The first kappa shape index (κ1) is 9.80. The molecular formula is C9H6BrN5. The molecule has 0 amide bonds. The van der Waals surface area contributed by atoms with Crippen molar-refractivity contribution in [1.29, 1.82) is 5.26 Å². The van der Waals surface area contributed by atoms with E-state index in [2.05, 4.69) is 31.0 Å². The summed E-state index contributed by atoms with van der Waals surface area (Å²) < 4.78 is 2.41. The number of rotatable bonds is 1. The summed E-state index contributed by atoms with van der Waals surface area (Å²) in [6.45, 7) is 1.88. The van der Waals surface area contributed by atoms with E-state index in [9.17, 15) is 0 Å². The summed E-state index contributed by atoms with van der Waals surface area (Å²) in [6.07, 6.45) is 1.47. The monoisotopic (exact) mass is 263 g/mol. The Kier molecular flexibility index (Phi) is 2.47. The zero-order valence-corrected chi connectivity index (χ0v) is 9.43. The number of hydrogen-bond acceptors (Lipinski definition) is 4. The van der Waals surface area contributed by atoms with E-state index in [1.165, 1.54) is 11.0 Å². The average molecular weight is 264 g/mol. The van der Waals surface area contributed by atoms with Gasteiger partial charge < -0.3 is 0 Å². The topological polar surface area (TPSA) is 67.4 Å². The molecule has 5 nitrogen and oxygen atoms in total. The van der Waals surface area contributed by atoms with Gasteiger partial charge in [0.1, 0.15) is 12.4 Å². The molecule has 2 rings (SSSR count). The van der Waals surface area contributed by atoms with Gasteiger partial charge in [0.25, 0.3) is 5.82 Å². The summed E-state index contributed by atoms with van der Waals surface area (Å²) in [5.74, 6) is 0.780. The van der Waals surface area contributed by atoms with Gasteiger partial charge >= 0.3 is 0 Å². The molecule has 0 saturated carbocycles. The second kappa shape index (κ2) is 3.79. The Morgan fingerprint density at radius 1 is 1.47 bits per heavy atom. The molecule has 0 N–H and O–H groups in total. The molecule has 6 heteroatoms. The molecule has 0 bridgehead atoms. The van der Waals surface area contributed by atoms with Gasteiger partial charge in [-0.3, -0.25) is 0 Å². The van der Waals surface area contributed by atoms with Crippen LogP contribution in [0.2, 0.25) is 0 Å². The number of halogens is 1. The van der Waals surface area contributed by atoms with E-state index >= 15 is 0 Å². The van der Waals surface area contributed by atoms with Crippen molar-refractivity contribution in [3.63, 3.8) is 0 Å². The van der Waals surface area contributed by atoms with Gasteiger partial charge in [-0.25, -0.2) is 14.6 Å². The van der Waals surface area contributed by atoms with Crippen LogP contribution in [0, 0.1) is 18.3 Å². The second-order valence-electron chi connectivity index (χ2n) is 2.86. The molecule has 0 fully saturated rings. The van der Waals surface area contributed by atoms with Gasteiger partial charge in [0, 0.05) is 4.47 Å². The van der Waals surface area contributed by atoms with Gasteiger partial charge in [0.05, 0.1) is 5.69 Å². The van der Waals surface area contributed by atoms with Gasteiger partial charge in [0.2, 0.25) is 0 Å².